The van der Waals surface area contributed by atoms with E-state index in [1.54, 1.807) is 22.3 Å². The summed E-state index contributed by atoms with van der Waals surface area (Å²) in [7, 11) is 0. The van der Waals surface area contributed by atoms with Gasteiger partial charge in [0.1, 0.15) is 0 Å². The Balaban J connectivity index is 1.57. The van der Waals surface area contributed by atoms with Gasteiger partial charge in [-0.05, 0) is 70.2 Å². The summed E-state index contributed by atoms with van der Waals surface area (Å²) >= 11 is 4.15. The van der Waals surface area contributed by atoms with Gasteiger partial charge < -0.3 is 0 Å². The van der Waals surface area contributed by atoms with Crippen LogP contribution >= 0.6 is 23.5 Å². The zero-order valence-corrected chi connectivity index (χ0v) is 17.9. The van der Waals surface area contributed by atoms with Gasteiger partial charge in [0.05, 0.1) is 0 Å². The number of benzene rings is 3. The quantitative estimate of drug-likeness (QED) is 0.408. The minimum Gasteiger partial charge on any atom is -0.152 e. The second kappa shape index (κ2) is 8.39. The molecule has 2 heteroatoms. The van der Waals surface area contributed by atoms with Crippen molar-refractivity contribution >= 4 is 23.5 Å². The van der Waals surface area contributed by atoms with E-state index in [-0.39, 0.29) is 0 Å². The zero-order valence-electron chi connectivity index (χ0n) is 16.2. The number of hydrogen-bond acceptors (Lipinski definition) is 2. The highest BCUT2D eigenvalue weighted by molar-refractivity contribution is 7.98. The second-order valence-corrected chi connectivity index (χ2v) is 9.93. The Kier molecular flexibility index (Phi) is 5.51. The van der Waals surface area contributed by atoms with Gasteiger partial charge in [-0.1, -0.05) is 60.7 Å². The second-order valence-electron chi connectivity index (χ2n) is 7.96. The molecule has 8 rings (SSSR count). The predicted octanol–water partition coefficient (Wildman–Crippen LogP) is 6.75. The number of fused-ring (bicyclic) bond motifs is 1. The van der Waals surface area contributed by atoms with E-state index in [2.05, 4.69) is 84.2 Å². The van der Waals surface area contributed by atoms with Gasteiger partial charge in [0.25, 0.3) is 0 Å². The fraction of sp³-hybridized carbons (Fsp3) is 0.308. The average Bonchev–Trinajstić information content (AvgIpc) is 2.71. The van der Waals surface area contributed by atoms with Crippen molar-refractivity contribution in [2.24, 2.45) is 0 Å². The molecule has 0 spiro atoms. The van der Waals surface area contributed by atoms with Gasteiger partial charge in [-0.2, -0.15) is 23.5 Å². The first-order chi connectivity index (χ1) is 13.8. The van der Waals surface area contributed by atoms with E-state index >= 15 is 0 Å². The lowest BCUT2D eigenvalue weighted by atomic mass is 9.92. The molecule has 0 unspecified atom stereocenters. The molecule has 0 fully saturated rings. The Morgan fingerprint density at radius 1 is 0.429 bits per heavy atom. The van der Waals surface area contributed by atoms with Crippen LogP contribution in [0.4, 0.5) is 0 Å². The van der Waals surface area contributed by atoms with Crippen LogP contribution in [0.1, 0.15) is 44.5 Å². The van der Waals surface area contributed by atoms with E-state index < -0.39 is 0 Å². The van der Waals surface area contributed by atoms with E-state index in [0.29, 0.717) is 0 Å². The highest BCUT2D eigenvalue weighted by Gasteiger charge is 2.13. The van der Waals surface area contributed by atoms with E-state index in [0.717, 1.165) is 48.7 Å². The van der Waals surface area contributed by atoms with Crippen molar-refractivity contribution in [1.82, 2.24) is 0 Å². The largest absolute Gasteiger partial charge is 0.152 e. The molecule has 0 radical (unpaired) electrons. The Morgan fingerprint density at radius 2 is 0.893 bits per heavy atom. The number of hydrogen-bond donors (Lipinski definition) is 0. The molecular weight excluding hydrogens is 376 g/mol. The van der Waals surface area contributed by atoms with Crippen LogP contribution in [0, 0.1) is 0 Å². The molecule has 0 aromatic heterocycles. The molecule has 0 nitrogen and oxygen atoms in total. The third-order valence-corrected chi connectivity index (χ3v) is 8.12. The van der Waals surface area contributed by atoms with E-state index in [1.165, 1.54) is 22.3 Å². The van der Waals surface area contributed by atoms with Gasteiger partial charge in [0.2, 0.25) is 0 Å². The van der Waals surface area contributed by atoms with Crippen LogP contribution in [0.25, 0.3) is 0 Å². The molecule has 5 aliphatic rings. The summed E-state index contributed by atoms with van der Waals surface area (Å²) in [5.41, 5.74) is 12.2. The SMILES string of the molecule is c1ccc2c(c1)CSCc1cc3ccc1CCc1ccc(cc1CSC2)CC3. The molecule has 3 aromatic rings. The van der Waals surface area contributed by atoms with Crippen molar-refractivity contribution in [2.75, 3.05) is 0 Å². The van der Waals surface area contributed by atoms with Crippen LogP contribution in [-0.4, -0.2) is 0 Å². The number of thioether (sulfide) groups is 2. The predicted molar refractivity (Wildman–Crippen MR) is 124 cm³/mol. The lowest BCUT2D eigenvalue weighted by Crippen LogP contribution is -2.05. The summed E-state index contributed by atoms with van der Waals surface area (Å²) in [5.74, 6) is 4.46. The van der Waals surface area contributed by atoms with Crippen molar-refractivity contribution in [3.05, 3.63) is 105 Å². The van der Waals surface area contributed by atoms with Crippen molar-refractivity contribution in [1.29, 1.82) is 0 Å². The third kappa shape index (κ3) is 4.04. The average molecular weight is 403 g/mol. The van der Waals surface area contributed by atoms with Crippen molar-refractivity contribution < 1.29 is 0 Å². The summed E-state index contributed by atoms with van der Waals surface area (Å²) in [4.78, 5) is 0. The standard InChI is InChI=1S/C26H26S2/c1-2-4-24-16-28-18-26-14-20-6-5-19-7-9-21(11-12-22(26)10-8-20)25(13-19)17-27-15-23(24)3-1/h1-4,7-10,13-14H,5-6,11-12,15-18H2. The Labute approximate surface area is 177 Å². The maximum Gasteiger partial charge on any atom is 0.0190 e. The van der Waals surface area contributed by atoms with Crippen LogP contribution in [0.2, 0.25) is 0 Å². The molecule has 0 N–H and O–H groups in total. The van der Waals surface area contributed by atoms with Gasteiger partial charge >= 0.3 is 0 Å². The first-order valence-corrected chi connectivity index (χ1v) is 12.6. The molecule has 1 aliphatic heterocycles. The molecule has 4 aliphatic carbocycles. The molecule has 0 amide bonds. The number of rotatable bonds is 0. The van der Waals surface area contributed by atoms with Crippen LogP contribution < -0.4 is 0 Å². The Hall–Kier alpha value is -1.64. The van der Waals surface area contributed by atoms with Crippen LogP contribution in [-0.2, 0) is 48.7 Å². The minimum absolute atomic E-state index is 1.11. The molecule has 0 atom stereocenters. The maximum absolute atomic E-state index is 2.49. The molecule has 142 valence electrons. The fourth-order valence-electron chi connectivity index (χ4n) is 4.37. The lowest BCUT2D eigenvalue weighted by molar-refractivity contribution is 0.900. The molecule has 28 heavy (non-hydrogen) atoms. The molecule has 6 bridgehead atoms. The Morgan fingerprint density at radius 3 is 1.39 bits per heavy atom. The van der Waals surface area contributed by atoms with E-state index in [9.17, 15) is 0 Å². The van der Waals surface area contributed by atoms with Crippen molar-refractivity contribution in [3.63, 3.8) is 0 Å². The normalized spacial score (nSPS) is 16.6. The number of aryl methyl sites for hydroxylation is 4. The van der Waals surface area contributed by atoms with Gasteiger partial charge in [0.15, 0.2) is 0 Å². The van der Waals surface area contributed by atoms with Crippen LogP contribution in [0.15, 0.2) is 60.7 Å². The third-order valence-electron chi connectivity index (χ3n) is 6.06. The van der Waals surface area contributed by atoms with Crippen molar-refractivity contribution in [2.45, 2.75) is 48.7 Å². The smallest absolute Gasteiger partial charge is 0.0190 e. The van der Waals surface area contributed by atoms with Gasteiger partial charge in [-0.3, -0.25) is 0 Å². The van der Waals surface area contributed by atoms with E-state index in [1.807, 2.05) is 0 Å². The first kappa shape index (κ1) is 18.4. The van der Waals surface area contributed by atoms with Crippen LogP contribution in [0.5, 0.6) is 0 Å². The topological polar surface area (TPSA) is 0 Å². The summed E-state index contributed by atoms with van der Waals surface area (Å²) in [6.07, 6.45) is 4.60. The maximum atomic E-state index is 2.49. The summed E-state index contributed by atoms with van der Waals surface area (Å²) in [6, 6.07) is 23.6. The highest BCUT2D eigenvalue weighted by Crippen LogP contribution is 2.30. The first-order valence-electron chi connectivity index (χ1n) is 10.3. The van der Waals surface area contributed by atoms with Gasteiger partial charge in [-0.25, -0.2) is 0 Å². The van der Waals surface area contributed by atoms with Gasteiger partial charge in [0, 0.05) is 23.0 Å². The zero-order chi connectivity index (χ0) is 18.8. The minimum atomic E-state index is 1.11. The fourth-order valence-corrected chi connectivity index (χ4v) is 6.55. The monoisotopic (exact) mass is 402 g/mol. The molecule has 0 saturated carbocycles. The van der Waals surface area contributed by atoms with Gasteiger partial charge in [-0.15, -0.1) is 0 Å². The lowest BCUT2D eigenvalue weighted by Gasteiger charge is -2.18. The van der Waals surface area contributed by atoms with Crippen LogP contribution in [0.3, 0.4) is 0 Å². The Bertz CT molecular complexity index is 909. The summed E-state index contributed by atoms with van der Waals surface area (Å²) in [5, 5.41) is 0. The highest BCUT2D eigenvalue weighted by atomic mass is 32.2. The van der Waals surface area contributed by atoms with Crippen molar-refractivity contribution in [3.8, 4) is 0 Å². The molecular formula is C26H26S2. The molecule has 3 aromatic carbocycles. The molecule has 1 heterocycles. The van der Waals surface area contributed by atoms with E-state index in [4.69, 9.17) is 0 Å². The summed E-state index contributed by atoms with van der Waals surface area (Å²) in [6.45, 7) is 0. The summed E-state index contributed by atoms with van der Waals surface area (Å²) < 4.78 is 0. The molecule has 0 saturated heterocycles.